The highest BCUT2D eigenvalue weighted by Gasteiger charge is 2.39. The summed E-state index contributed by atoms with van der Waals surface area (Å²) in [6.45, 7) is 5.61. The molecule has 2 aliphatic heterocycles. The van der Waals surface area contributed by atoms with Gasteiger partial charge in [-0.1, -0.05) is 13.8 Å². The van der Waals surface area contributed by atoms with Crippen molar-refractivity contribution in [3.8, 4) is 0 Å². The molecule has 0 aromatic heterocycles. The minimum atomic E-state index is -0.172. The first kappa shape index (κ1) is 13.4. The van der Waals surface area contributed by atoms with Gasteiger partial charge >= 0.3 is 0 Å². The van der Waals surface area contributed by atoms with Gasteiger partial charge < -0.3 is 9.80 Å². The summed E-state index contributed by atoms with van der Waals surface area (Å²) in [5.74, 6) is 0.357. The van der Waals surface area contributed by atoms with Crippen LogP contribution in [0.4, 0.5) is 0 Å². The van der Waals surface area contributed by atoms with Crippen LogP contribution in [0.1, 0.15) is 52.4 Å². The number of carbonyl (C=O) groups excluding carboxylic acids is 2. The van der Waals surface area contributed by atoms with Crippen molar-refractivity contribution in [3.05, 3.63) is 0 Å². The van der Waals surface area contributed by atoms with Crippen molar-refractivity contribution in [2.75, 3.05) is 13.1 Å². The van der Waals surface area contributed by atoms with E-state index in [1.807, 2.05) is 9.80 Å². The predicted octanol–water partition coefficient (Wildman–Crippen LogP) is 1.79. The Balaban J connectivity index is 2.20. The monoisotopic (exact) mass is 252 g/mol. The summed E-state index contributed by atoms with van der Waals surface area (Å²) >= 11 is 0. The van der Waals surface area contributed by atoms with E-state index in [4.69, 9.17) is 0 Å². The van der Waals surface area contributed by atoms with Gasteiger partial charge in [0.25, 0.3) is 0 Å². The van der Waals surface area contributed by atoms with Gasteiger partial charge in [-0.15, -0.1) is 0 Å². The van der Waals surface area contributed by atoms with Crippen LogP contribution in [0.3, 0.4) is 0 Å². The maximum atomic E-state index is 12.6. The molecule has 4 nitrogen and oxygen atoms in total. The summed E-state index contributed by atoms with van der Waals surface area (Å²) in [6, 6.07) is 0.126. The van der Waals surface area contributed by atoms with E-state index in [2.05, 4.69) is 13.8 Å². The highest BCUT2D eigenvalue weighted by Crippen LogP contribution is 2.25. The van der Waals surface area contributed by atoms with Crippen molar-refractivity contribution in [1.29, 1.82) is 0 Å². The summed E-state index contributed by atoms with van der Waals surface area (Å²) in [7, 11) is 0. The molecule has 0 bridgehead atoms. The normalized spacial score (nSPS) is 25.4. The number of hydrogen-bond donors (Lipinski definition) is 0. The fraction of sp³-hybridized carbons (Fsp3) is 0.857. The number of carbonyl (C=O) groups is 2. The molecule has 2 fully saturated rings. The van der Waals surface area contributed by atoms with Gasteiger partial charge in [0, 0.05) is 25.6 Å². The quantitative estimate of drug-likeness (QED) is 0.768. The molecule has 0 spiro atoms. The molecule has 1 unspecified atom stereocenters. The lowest BCUT2D eigenvalue weighted by molar-refractivity contribution is -0.144. The molecule has 1 atom stereocenters. The van der Waals surface area contributed by atoms with Crippen LogP contribution >= 0.6 is 0 Å². The molecule has 0 aliphatic carbocycles. The van der Waals surface area contributed by atoms with Crippen LogP contribution in [0, 0.1) is 0 Å². The molecule has 4 heteroatoms. The third-order valence-corrected chi connectivity index (χ3v) is 4.34. The number of nitrogens with zero attached hydrogens (tertiary/aromatic N) is 2. The van der Waals surface area contributed by atoms with Gasteiger partial charge in [-0.25, -0.2) is 0 Å². The molecule has 0 saturated carbocycles. The van der Waals surface area contributed by atoms with Crippen molar-refractivity contribution >= 4 is 11.8 Å². The zero-order chi connectivity index (χ0) is 13.1. The van der Waals surface area contributed by atoms with Gasteiger partial charge in [-0.05, 0) is 32.1 Å². The summed E-state index contributed by atoms with van der Waals surface area (Å²) in [5.41, 5.74) is 0. The summed E-state index contributed by atoms with van der Waals surface area (Å²) in [4.78, 5) is 28.5. The lowest BCUT2D eigenvalue weighted by Gasteiger charge is -2.36. The molecular formula is C14H24N2O2. The molecular weight excluding hydrogens is 228 g/mol. The SMILES string of the molecule is CCC(CC)N1CCC(=O)N2CCCCC2C1=O. The van der Waals surface area contributed by atoms with Gasteiger partial charge in [0.05, 0.1) is 0 Å². The molecule has 0 N–H and O–H groups in total. The molecule has 0 radical (unpaired) electrons. The van der Waals surface area contributed by atoms with Gasteiger partial charge in [-0.2, -0.15) is 0 Å². The van der Waals surface area contributed by atoms with E-state index in [9.17, 15) is 9.59 Å². The molecule has 2 aliphatic rings. The molecule has 18 heavy (non-hydrogen) atoms. The lowest BCUT2D eigenvalue weighted by atomic mass is 10.0. The fourth-order valence-electron chi connectivity index (χ4n) is 3.24. The first-order valence-corrected chi connectivity index (χ1v) is 7.29. The van der Waals surface area contributed by atoms with E-state index >= 15 is 0 Å². The van der Waals surface area contributed by atoms with Crippen molar-refractivity contribution in [2.24, 2.45) is 0 Å². The van der Waals surface area contributed by atoms with Gasteiger partial charge in [0.2, 0.25) is 11.8 Å². The molecule has 2 heterocycles. The first-order chi connectivity index (χ1) is 8.69. The molecule has 2 amide bonds. The molecule has 2 saturated heterocycles. The van der Waals surface area contributed by atoms with Crippen LogP contribution in [0.15, 0.2) is 0 Å². The second-order valence-electron chi connectivity index (χ2n) is 5.35. The smallest absolute Gasteiger partial charge is 0.245 e. The largest absolute Gasteiger partial charge is 0.337 e. The average Bonchev–Trinajstić information content (AvgIpc) is 2.53. The van der Waals surface area contributed by atoms with Crippen molar-refractivity contribution in [3.63, 3.8) is 0 Å². The highest BCUT2D eigenvalue weighted by molar-refractivity contribution is 5.90. The van der Waals surface area contributed by atoms with E-state index in [1.165, 1.54) is 0 Å². The lowest BCUT2D eigenvalue weighted by Crippen LogP contribution is -2.51. The first-order valence-electron chi connectivity index (χ1n) is 7.29. The Labute approximate surface area is 109 Å². The van der Waals surface area contributed by atoms with Crippen LogP contribution in [0.25, 0.3) is 0 Å². The minimum Gasteiger partial charge on any atom is -0.337 e. The standard InChI is InChI=1S/C14H24N2O2/c1-3-11(4-2)15-10-8-13(17)16-9-6-5-7-12(16)14(15)18/h11-12H,3-10H2,1-2H3. The van der Waals surface area contributed by atoms with E-state index in [0.29, 0.717) is 19.0 Å². The Morgan fingerprint density at radius 3 is 2.56 bits per heavy atom. The van der Waals surface area contributed by atoms with Gasteiger partial charge in [0.1, 0.15) is 6.04 Å². The third-order valence-electron chi connectivity index (χ3n) is 4.34. The summed E-state index contributed by atoms with van der Waals surface area (Å²) < 4.78 is 0. The maximum absolute atomic E-state index is 12.6. The van der Waals surface area contributed by atoms with Crippen LogP contribution in [0.2, 0.25) is 0 Å². The number of amides is 2. The topological polar surface area (TPSA) is 40.6 Å². The number of piperidine rings is 1. The van der Waals surface area contributed by atoms with Crippen LogP contribution in [0.5, 0.6) is 0 Å². The second-order valence-corrected chi connectivity index (χ2v) is 5.35. The molecule has 0 aromatic carbocycles. The third kappa shape index (κ3) is 2.38. The van der Waals surface area contributed by atoms with E-state index < -0.39 is 0 Å². The predicted molar refractivity (Wildman–Crippen MR) is 70.1 cm³/mol. The highest BCUT2D eigenvalue weighted by atomic mass is 16.2. The van der Waals surface area contributed by atoms with E-state index in [1.54, 1.807) is 0 Å². The summed E-state index contributed by atoms with van der Waals surface area (Å²) in [6.07, 6.45) is 5.41. The van der Waals surface area contributed by atoms with Crippen LogP contribution < -0.4 is 0 Å². The van der Waals surface area contributed by atoms with Gasteiger partial charge in [0.15, 0.2) is 0 Å². The average molecular weight is 252 g/mol. The van der Waals surface area contributed by atoms with Crippen molar-refractivity contribution in [1.82, 2.24) is 9.80 Å². The number of fused-ring (bicyclic) bond motifs is 1. The van der Waals surface area contributed by atoms with Crippen molar-refractivity contribution < 1.29 is 9.59 Å². The fourth-order valence-corrected chi connectivity index (χ4v) is 3.24. The minimum absolute atomic E-state index is 0.168. The zero-order valence-corrected chi connectivity index (χ0v) is 11.5. The number of hydrogen-bond acceptors (Lipinski definition) is 2. The molecule has 0 aromatic rings. The van der Waals surface area contributed by atoms with E-state index in [-0.39, 0.29) is 17.9 Å². The Morgan fingerprint density at radius 1 is 1.17 bits per heavy atom. The van der Waals surface area contributed by atoms with Crippen LogP contribution in [-0.2, 0) is 9.59 Å². The van der Waals surface area contributed by atoms with Gasteiger partial charge in [-0.3, -0.25) is 9.59 Å². The Hall–Kier alpha value is -1.06. The van der Waals surface area contributed by atoms with Crippen LogP contribution in [-0.4, -0.2) is 46.8 Å². The zero-order valence-electron chi connectivity index (χ0n) is 11.5. The maximum Gasteiger partial charge on any atom is 0.245 e. The second kappa shape index (κ2) is 5.72. The Bertz CT molecular complexity index is 326. The summed E-state index contributed by atoms with van der Waals surface area (Å²) in [5, 5.41) is 0. The molecule has 2 rings (SSSR count). The van der Waals surface area contributed by atoms with E-state index in [0.717, 1.165) is 38.6 Å². The Morgan fingerprint density at radius 2 is 1.89 bits per heavy atom. The molecule has 102 valence electrons. The number of rotatable bonds is 3. The Kier molecular flexibility index (Phi) is 4.25. The van der Waals surface area contributed by atoms with Crippen molar-refractivity contribution in [2.45, 2.75) is 64.5 Å².